The summed E-state index contributed by atoms with van der Waals surface area (Å²) in [6.45, 7) is 4.72. The van der Waals surface area contributed by atoms with Crippen LogP contribution in [-0.4, -0.2) is 32.6 Å². The molecule has 150 valence electrons. The Labute approximate surface area is 170 Å². The first-order valence-electron chi connectivity index (χ1n) is 8.99. The molecule has 0 atom stereocenters. The molecule has 0 unspecified atom stereocenters. The van der Waals surface area contributed by atoms with Gasteiger partial charge in [0.15, 0.2) is 11.5 Å². The van der Waals surface area contributed by atoms with E-state index in [1.165, 1.54) is 13.2 Å². The third-order valence-electron chi connectivity index (χ3n) is 4.04. The van der Waals surface area contributed by atoms with Crippen molar-refractivity contribution in [2.24, 2.45) is 5.92 Å². The van der Waals surface area contributed by atoms with Crippen molar-refractivity contribution in [3.05, 3.63) is 52.5 Å². The van der Waals surface area contributed by atoms with E-state index < -0.39 is 0 Å². The van der Waals surface area contributed by atoms with Crippen LogP contribution in [0, 0.1) is 5.92 Å². The summed E-state index contributed by atoms with van der Waals surface area (Å²) < 4.78 is 11.1. The number of nitrogens with one attached hydrogen (secondary N) is 2. The van der Waals surface area contributed by atoms with Gasteiger partial charge in [0.1, 0.15) is 0 Å². The number of halogens is 1. The maximum absolute atomic E-state index is 12.6. The Morgan fingerprint density at radius 3 is 2.50 bits per heavy atom. The molecule has 0 radical (unpaired) electrons. The van der Waals surface area contributed by atoms with Crippen molar-refractivity contribution in [3.8, 4) is 11.5 Å². The highest BCUT2D eigenvalue weighted by molar-refractivity contribution is 6.32. The summed E-state index contributed by atoms with van der Waals surface area (Å²) in [6, 6.07) is 9.77. The zero-order valence-corrected chi connectivity index (χ0v) is 17.2. The van der Waals surface area contributed by atoms with Crippen LogP contribution in [0.25, 0.3) is 0 Å². The molecular weight excluding hydrogens is 380 g/mol. The molecule has 0 aliphatic heterocycles. The highest BCUT2D eigenvalue weighted by Gasteiger charge is 2.17. The molecule has 7 heteroatoms. The molecule has 0 aliphatic carbocycles. The van der Waals surface area contributed by atoms with Gasteiger partial charge in [-0.25, -0.2) is 0 Å². The molecule has 2 rings (SSSR count). The van der Waals surface area contributed by atoms with Crippen molar-refractivity contribution in [2.75, 3.05) is 26.1 Å². The average Bonchev–Trinajstić information content (AvgIpc) is 2.68. The second-order valence-corrected chi connectivity index (χ2v) is 7.04. The molecule has 0 saturated heterocycles. The zero-order chi connectivity index (χ0) is 20.7. The monoisotopic (exact) mass is 404 g/mol. The van der Waals surface area contributed by atoms with Crippen LogP contribution in [-0.2, 0) is 0 Å². The number of hydrogen-bond donors (Lipinski definition) is 2. The first-order chi connectivity index (χ1) is 13.3. The molecule has 2 aromatic carbocycles. The Bertz CT molecular complexity index is 852. The third kappa shape index (κ3) is 5.63. The minimum Gasteiger partial charge on any atom is -0.493 e. The molecule has 2 amide bonds. The van der Waals surface area contributed by atoms with E-state index in [1.807, 2.05) is 0 Å². The number of rotatable bonds is 8. The van der Waals surface area contributed by atoms with Crippen LogP contribution < -0.4 is 20.1 Å². The Balaban J connectivity index is 2.19. The Kier molecular flexibility index (Phi) is 7.70. The van der Waals surface area contributed by atoms with E-state index >= 15 is 0 Å². The lowest BCUT2D eigenvalue weighted by atomic mass is 10.1. The number of carbonyl (C=O) groups excluding carboxylic acids is 2. The van der Waals surface area contributed by atoms with E-state index in [0.29, 0.717) is 45.9 Å². The maximum Gasteiger partial charge on any atom is 0.255 e. The standard InChI is InChI=1S/C21H25ClN2O4/c1-13(2)8-9-28-19-17(22)11-15(12-18(19)27-4)21(26)24-16-7-5-6-14(10-16)20(25)23-3/h5-7,10-13H,8-9H2,1-4H3,(H,23,25)(H,24,26). The van der Waals surface area contributed by atoms with Gasteiger partial charge >= 0.3 is 0 Å². The van der Waals surface area contributed by atoms with Gasteiger partial charge in [-0.2, -0.15) is 0 Å². The van der Waals surface area contributed by atoms with E-state index in [4.69, 9.17) is 21.1 Å². The van der Waals surface area contributed by atoms with Gasteiger partial charge in [-0.3, -0.25) is 9.59 Å². The van der Waals surface area contributed by atoms with Crippen LogP contribution in [0.15, 0.2) is 36.4 Å². The molecule has 0 aromatic heterocycles. The first-order valence-corrected chi connectivity index (χ1v) is 9.37. The van der Waals surface area contributed by atoms with Crippen molar-refractivity contribution in [1.29, 1.82) is 0 Å². The molecule has 2 aromatic rings. The number of hydrogen-bond acceptors (Lipinski definition) is 4. The van der Waals surface area contributed by atoms with Crippen molar-refractivity contribution in [2.45, 2.75) is 20.3 Å². The summed E-state index contributed by atoms with van der Waals surface area (Å²) in [4.78, 5) is 24.4. The van der Waals surface area contributed by atoms with Crippen molar-refractivity contribution < 1.29 is 19.1 Å². The predicted molar refractivity (Wildman–Crippen MR) is 111 cm³/mol. The summed E-state index contributed by atoms with van der Waals surface area (Å²) in [5.74, 6) is 0.704. The van der Waals surface area contributed by atoms with Gasteiger partial charge in [-0.1, -0.05) is 31.5 Å². The van der Waals surface area contributed by atoms with Gasteiger partial charge in [0.05, 0.1) is 18.7 Å². The van der Waals surface area contributed by atoms with Gasteiger partial charge in [0.25, 0.3) is 11.8 Å². The highest BCUT2D eigenvalue weighted by atomic mass is 35.5. The number of benzene rings is 2. The molecule has 28 heavy (non-hydrogen) atoms. The van der Waals surface area contributed by atoms with Gasteiger partial charge in [-0.15, -0.1) is 0 Å². The SMILES string of the molecule is CNC(=O)c1cccc(NC(=O)c2cc(Cl)c(OCCC(C)C)c(OC)c2)c1. The second-order valence-electron chi connectivity index (χ2n) is 6.63. The molecule has 0 aliphatic rings. The fourth-order valence-electron chi connectivity index (χ4n) is 2.47. The number of amides is 2. The minimum atomic E-state index is -0.372. The van der Waals surface area contributed by atoms with E-state index in [0.717, 1.165) is 6.42 Å². The Morgan fingerprint density at radius 1 is 1.11 bits per heavy atom. The zero-order valence-electron chi connectivity index (χ0n) is 16.5. The normalized spacial score (nSPS) is 10.5. The second kappa shape index (κ2) is 9.99. The predicted octanol–water partition coefficient (Wildman–Crippen LogP) is 4.39. The molecule has 0 saturated carbocycles. The summed E-state index contributed by atoms with van der Waals surface area (Å²) >= 11 is 6.32. The topological polar surface area (TPSA) is 76.7 Å². The largest absolute Gasteiger partial charge is 0.493 e. The van der Waals surface area contributed by atoms with E-state index in [9.17, 15) is 9.59 Å². The molecule has 0 heterocycles. The van der Waals surface area contributed by atoms with Crippen molar-refractivity contribution in [1.82, 2.24) is 5.32 Å². The fourth-order valence-corrected chi connectivity index (χ4v) is 2.74. The lowest BCUT2D eigenvalue weighted by molar-refractivity contribution is 0.0961. The van der Waals surface area contributed by atoms with Gasteiger partial charge < -0.3 is 20.1 Å². The number of ether oxygens (including phenoxy) is 2. The Morgan fingerprint density at radius 2 is 1.86 bits per heavy atom. The molecule has 6 nitrogen and oxygen atoms in total. The van der Waals surface area contributed by atoms with Gasteiger partial charge in [0.2, 0.25) is 0 Å². The fraction of sp³-hybridized carbons (Fsp3) is 0.333. The summed E-state index contributed by atoms with van der Waals surface area (Å²) in [5, 5.41) is 5.60. The smallest absolute Gasteiger partial charge is 0.255 e. The van der Waals surface area contributed by atoms with Crippen LogP contribution in [0.4, 0.5) is 5.69 Å². The van der Waals surface area contributed by atoms with Crippen LogP contribution in [0.5, 0.6) is 11.5 Å². The summed E-state index contributed by atoms with van der Waals surface area (Å²) in [5.41, 5.74) is 1.27. The van der Waals surface area contributed by atoms with Crippen LogP contribution in [0.2, 0.25) is 5.02 Å². The van der Waals surface area contributed by atoms with Crippen LogP contribution in [0.3, 0.4) is 0 Å². The molecular formula is C21H25ClN2O4. The molecule has 0 spiro atoms. The summed E-state index contributed by atoms with van der Waals surface area (Å²) in [6.07, 6.45) is 0.878. The van der Waals surface area contributed by atoms with E-state index in [2.05, 4.69) is 24.5 Å². The minimum absolute atomic E-state index is 0.233. The van der Waals surface area contributed by atoms with Crippen LogP contribution in [0.1, 0.15) is 41.0 Å². The highest BCUT2D eigenvalue weighted by Crippen LogP contribution is 2.36. The molecule has 0 fully saturated rings. The number of carbonyl (C=O) groups is 2. The van der Waals surface area contributed by atoms with Crippen molar-refractivity contribution in [3.63, 3.8) is 0 Å². The van der Waals surface area contributed by atoms with Crippen LogP contribution >= 0.6 is 11.6 Å². The average molecular weight is 405 g/mol. The quantitative estimate of drug-likeness (QED) is 0.684. The lowest BCUT2D eigenvalue weighted by Crippen LogP contribution is -2.18. The number of anilines is 1. The third-order valence-corrected chi connectivity index (χ3v) is 4.32. The molecule has 2 N–H and O–H groups in total. The van der Waals surface area contributed by atoms with E-state index in [-0.39, 0.29) is 11.8 Å². The van der Waals surface area contributed by atoms with E-state index in [1.54, 1.807) is 37.4 Å². The van der Waals surface area contributed by atoms with Gasteiger partial charge in [-0.05, 0) is 42.7 Å². The maximum atomic E-state index is 12.6. The molecule has 0 bridgehead atoms. The van der Waals surface area contributed by atoms with Gasteiger partial charge in [0, 0.05) is 23.9 Å². The number of methoxy groups -OCH3 is 1. The Hall–Kier alpha value is -2.73. The lowest BCUT2D eigenvalue weighted by Gasteiger charge is -2.15. The van der Waals surface area contributed by atoms with Crippen molar-refractivity contribution >= 4 is 29.1 Å². The first kappa shape index (κ1) is 21.6. The summed E-state index contributed by atoms with van der Waals surface area (Å²) in [7, 11) is 3.04.